The molecule has 0 aromatic heterocycles. The van der Waals surface area contributed by atoms with Gasteiger partial charge in [0.25, 0.3) is 0 Å². The lowest BCUT2D eigenvalue weighted by molar-refractivity contribution is -0.386. The van der Waals surface area contributed by atoms with E-state index in [9.17, 15) is 23.3 Å². The number of nitro groups is 1. The van der Waals surface area contributed by atoms with Crippen molar-refractivity contribution in [1.29, 1.82) is 5.41 Å². The molecule has 0 spiro atoms. The van der Waals surface area contributed by atoms with Crippen LogP contribution in [0.5, 0.6) is 5.75 Å². The Morgan fingerprint density at radius 2 is 2.14 bits per heavy atom. The first-order chi connectivity index (χ1) is 9.66. The number of halogens is 3. The van der Waals surface area contributed by atoms with E-state index in [0.29, 0.717) is 12.0 Å². The Labute approximate surface area is 118 Å². The van der Waals surface area contributed by atoms with Crippen LogP contribution in [0.25, 0.3) is 0 Å². The average Bonchev–Trinajstić information content (AvgIpc) is 2.36. The number of aryl methyl sites for hydroxylation is 1. The predicted octanol–water partition coefficient (Wildman–Crippen LogP) is 2.65. The van der Waals surface area contributed by atoms with Crippen molar-refractivity contribution in [3.8, 4) is 5.75 Å². The molecule has 0 saturated carbocycles. The number of nitro benzene ring substituents is 1. The molecule has 0 fully saturated rings. The van der Waals surface area contributed by atoms with Gasteiger partial charge in [0.1, 0.15) is 18.4 Å². The molecule has 1 rings (SSSR count). The van der Waals surface area contributed by atoms with Crippen LogP contribution in [0.4, 0.5) is 18.9 Å². The monoisotopic (exact) mass is 305 g/mol. The van der Waals surface area contributed by atoms with E-state index < -0.39 is 35.1 Å². The van der Waals surface area contributed by atoms with Crippen LogP contribution in [0.1, 0.15) is 12.5 Å². The van der Waals surface area contributed by atoms with Gasteiger partial charge in [-0.15, -0.1) is 0 Å². The van der Waals surface area contributed by atoms with Gasteiger partial charge in [-0.05, 0) is 18.1 Å². The Morgan fingerprint density at radius 1 is 1.52 bits per heavy atom. The number of nitrogens with one attached hydrogen (secondary N) is 1. The molecule has 0 bridgehead atoms. The first-order valence-electron chi connectivity index (χ1n) is 5.97. The quantitative estimate of drug-likeness (QED) is 0.365. The zero-order valence-electron chi connectivity index (χ0n) is 11.1. The van der Waals surface area contributed by atoms with Crippen LogP contribution in [0, 0.1) is 21.4 Å². The number of nitrogens with zero attached hydrogens (tertiary/aromatic N) is 1. The highest BCUT2D eigenvalue weighted by Gasteiger charge is 2.42. The minimum absolute atomic E-state index is 0.285. The van der Waals surface area contributed by atoms with Gasteiger partial charge < -0.3 is 10.5 Å². The van der Waals surface area contributed by atoms with E-state index in [4.69, 9.17) is 15.9 Å². The highest BCUT2D eigenvalue weighted by atomic mass is 19.4. The third-order valence-corrected chi connectivity index (χ3v) is 2.80. The second kappa shape index (κ2) is 6.42. The van der Waals surface area contributed by atoms with Crippen molar-refractivity contribution in [2.45, 2.75) is 19.5 Å². The SMILES string of the molecule is CCc1ccc(OCC(C(=N)N)C(F)(F)F)c([N+](=O)[O-])c1. The lowest BCUT2D eigenvalue weighted by Gasteiger charge is -2.19. The number of ether oxygens (including phenoxy) is 1. The number of amidine groups is 1. The summed E-state index contributed by atoms with van der Waals surface area (Å²) in [5.74, 6) is -3.69. The van der Waals surface area contributed by atoms with E-state index in [-0.39, 0.29) is 5.75 Å². The lowest BCUT2D eigenvalue weighted by Crippen LogP contribution is -2.39. The van der Waals surface area contributed by atoms with Crippen LogP contribution in [0.15, 0.2) is 18.2 Å². The van der Waals surface area contributed by atoms with Crippen LogP contribution in [-0.4, -0.2) is 23.5 Å². The summed E-state index contributed by atoms with van der Waals surface area (Å²) in [5, 5.41) is 17.8. The maximum absolute atomic E-state index is 12.6. The van der Waals surface area contributed by atoms with Gasteiger partial charge in [-0.3, -0.25) is 15.5 Å². The van der Waals surface area contributed by atoms with Crippen molar-refractivity contribution >= 4 is 11.5 Å². The summed E-state index contributed by atoms with van der Waals surface area (Å²) in [6.45, 7) is 0.806. The Kier molecular flexibility index (Phi) is 5.12. The number of rotatable bonds is 6. The van der Waals surface area contributed by atoms with Crippen molar-refractivity contribution in [3.05, 3.63) is 33.9 Å². The number of nitrogens with two attached hydrogens (primary N) is 1. The Bertz CT molecular complexity index is 546. The van der Waals surface area contributed by atoms with Crippen LogP contribution in [-0.2, 0) is 6.42 Å². The number of benzene rings is 1. The molecule has 0 aliphatic rings. The van der Waals surface area contributed by atoms with Gasteiger partial charge in [0.15, 0.2) is 5.75 Å². The fourth-order valence-corrected chi connectivity index (χ4v) is 1.58. The summed E-state index contributed by atoms with van der Waals surface area (Å²) < 4.78 is 42.7. The van der Waals surface area contributed by atoms with Gasteiger partial charge >= 0.3 is 11.9 Å². The van der Waals surface area contributed by atoms with Crippen LogP contribution in [0.3, 0.4) is 0 Å². The zero-order chi connectivity index (χ0) is 16.2. The van der Waals surface area contributed by atoms with Gasteiger partial charge in [-0.25, -0.2) is 0 Å². The van der Waals surface area contributed by atoms with Crippen molar-refractivity contribution in [3.63, 3.8) is 0 Å². The summed E-state index contributed by atoms with van der Waals surface area (Å²) in [7, 11) is 0. The molecule has 1 aromatic carbocycles. The van der Waals surface area contributed by atoms with E-state index in [1.807, 2.05) is 0 Å². The van der Waals surface area contributed by atoms with Gasteiger partial charge in [0.2, 0.25) is 0 Å². The molecule has 0 aliphatic heterocycles. The van der Waals surface area contributed by atoms with Crippen molar-refractivity contribution in [2.24, 2.45) is 11.7 Å². The molecular formula is C12H14F3N3O3. The second-order valence-electron chi connectivity index (χ2n) is 4.27. The molecule has 0 heterocycles. The third-order valence-electron chi connectivity index (χ3n) is 2.80. The molecule has 0 amide bonds. The number of hydrogen-bond donors (Lipinski definition) is 2. The Balaban J connectivity index is 2.97. The number of hydrogen-bond acceptors (Lipinski definition) is 4. The summed E-state index contributed by atoms with van der Waals surface area (Å²) in [4.78, 5) is 10.2. The van der Waals surface area contributed by atoms with Crippen LogP contribution in [0.2, 0.25) is 0 Å². The van der Waals surface area contributed by atoms with Crippen molar-refractivity contribution in [2.75, 3.05) is 6.61 Å². The van der Waals surface area contributed by atoms with Crippen molar-refractivity contribution in [1.82, 2.24) is 0 Å². The molecule has 1 unspecified atom stereocenters. The van der Waals surface area contributed by atoms with Gasteiger partial charge in [-0.1, -0.05) is 13.0 Å². The van der Waals surface area contributed by atoms with Gasteiger partial charge in [0, 0.05) is 6.07 Å². The summed E-state index contributed by atoms with van der Waals surface area (Å²) in [6, 6.07) is 4.01. The Morgan fingerprint density at radius 3 is 2.57 bits per heavy atom. The van der Waals surface area contributed by atoms with Crippen molar-refractivity contribution < 1.29 is 22.8 Å². The highest BCUT2D eigenvalue weighted by Crippen LogP contribution is 2.31. The normalized spacial score (nSPS) is 12.8. The van der Waals surface area contributed by atoms with Crippen LogP contribution >= 0.6 is 0 Å². The molecular weight excluding hydrogens is 291 g/mol. The predicted molar refractivity (Wildman–Crippen MR) is 69.4 cm³/mol. The van der Waals surface area contributed by atoms with Crippen LogP contribution < -0.4 is 10.5 Å². The van der Waals surface area contributed by atoms with E-state index >= 15 is 0 Å². The molecule has 0 aliphatic carbocycles. The molecule has 0 saturated heterocycles. The first kappa shape index (κ1) is 16.7. The van der Waals surface area contributed by atoms with E-state index in [1.54, 1.807) is 6.92 Å². The first-order valence-corrected chi connectivity index (χ1v) is 5.97. The highest BCUT2D eigenvalue weighted by molar-refractivity contribution is 5.80. The van der Waals surface area contributed by atoms with E-state index in [0.717, 1.165) is 0 Å². The third kappa shape index (κ3) is 4.33. The maximum Gasteiger partial charge on any atom is 0.401 e. The maximum atomic E-state index is 12.6. The fraction of sp³-hybridized carbons (Fsp3) is 0.417. The molecule has 9 heteroatoms. The van der Waals surface area contributed by atoms with E-state index in [1.165, 1.54) is 18.2 Å². The Hall–Kier alpha value is -2.32. The zero-order valence-corrected chi connectivity index (χ0v) is 11.1. The minimum atomic E-state index is -4.75. The fourth-order valence-electron chi connectivity index (χ4n) is 1.58. The molecule has 1 aromatic rings. The molecule has 21 heavy (non-hydrogen) atoms. The summed E-state index contributed by atoms with van der Waals surface area (Å²) >= 11 is 0. The standard InChI is InChI=1S/C12H14F3N3O3/c1-2-7-3-4-10(9(5-7)18(19)20)21-6-8(11(16)17)12(13,14)15/h3-5,8H,2,6H2,1H3,(H3,16,17). The largest absolute Gasteiger partial charge is 0.486 e. The number of alkyl halides is 3. The summed E-state index contributed by atoms with van der Waals surface area (Å²) in [6.07, 6.45) is -4.20. The van der Waals surface area contributed by atoms with Gasteiger partial charge in [0.05, 0.1) is 4.92 Å². The molecule has 3 N–H and O–H groups in total. The molecule has 6 nitrogen and oxygen atoms in total. The minimum Gasteiger partial charge on any atom is -0.486 e. The lowest BCUT2D eigenvalue weighted by atomic mass is 10.1. The molecule has 1 atom stereocenters. The molecule has 116 valence electrons. The van der Waals surface area contributed by atoms with E-state index in [2.05, 4.69) is 0 Å². The summed E-state index contributed by atoms with van der Waals surface area (Å²) in [5.41, 5.74) is 5.12. The second-order valence-corrected chi connectivity index (χ2v) is 4.27. The molecule has 0 radical (unpaired) electrons. The average molecular weight is 305 g/mol. The van der Waals surface area contributed by atoms with Gasteiger partial charge in [-0.2, -0.15) is 13.2 Å². The smallest absolute Gasteiger partial charge is 0.401 e. The topological polar surface area (TPSA) is 102 Å².